The third-order valence-corrected chi connectivity index (χ3v) is 2.76. The van der Waals surface area contributed by atoms with Crippen LogP contribution in [0.1, 0.15) is 19.8 Å². The van der Waals surface area contributed by atoms with Gasteiger partial charge in [-0.2, -0.15) is 0 Å². The molecule has 2 rings (SSSR count). The van der Waals surface area contributed by atoms with Crippen molar-refractivity contribution in [2.24, 2.45) is 4.99 Å². The van der Waals surface area contributed by atoms with E-state index in [0.29, 0.717) is 0 Å². The smallest absolute Gasteiger partial charge is 0.139 e. The maximum absolute atomic E-state index is 5.12. The molecule has 0 saturated heterocycles. The lowest BCUT2D eigenvalue weighted by Gasteiger charge is -1.95. The van der Waals surface area contributed by atoms with E-state index in [9.17, 15) is 0 Å². The fourth-order valence-corrected chi connectivity index (χ4v) is 1.71. The highest BCUT2D eigenvalue weighted by Crippen LogP contribution is 2.09. The fourth-order valence-electron chi connectivity index (χ4n) is 1.71. The third-order valence-electron chi connectivity index (χ3n) is 2.76. The lowest BCUT2D eigenvalue weighted by Crippen LogP contribution is -2.16. The minimum absolute atomic E-state index is 0.784. The second-order valence-corrected chi connectivity index (χ2v) is 4.17. The summed E-state index contributed by atoms with van der Waals surface area (Å²) in [7, 11) is 1.65. The van der Waals surface area contributed by atoms with E-state index in [-0.39, 0.29) is 0 Å². The molecule has 1 aromatic heterocycles. The van der Waals surface area contributed by atoms with Crippen LogP contribution in [0.5, 0.6) is 0 Å². The van der Waals surface area contributed by atoms with Gasteiger partial charge < -0.3 is 15.0 Å². The number of H-pyrrole nitrogens is 1. The molecule has 0 unspecified atom stereocenters. The number of hydrogen-bond donors (Lipinski definition) is 2. The fraction of sp³-hybridized carbons (Fsp3) is 0.357. The first-order chi connectivity index (χ1) is 8.83. The van der Waals surface area contributed by atoms with Gasteiger partial charge in [-0.3, -0.25) is 4.99 Å². The number of aromatic amines is 1. The summed E-state index contributed by atoms with van der Waals surface area (Å²) in [5.41, 5.74) is 0.903. The lowest BCUT2D eigenvalue weighted by molar-refractivity contribution is 0.318. The SMILES string of the molecule is CCCCNC=c1ccc(=C2C=C(OC)C=N2)[nH]1. The van der Waals surface area contributed by atoms with Crippen molar-refractivity contribution in [3.8, 4) is 0 Å². The molecule has 0 fully saturated rings. The molecule has 96 valence electrons. The number of allylic oxidation sites excluding steroid dienone is 1. The van der Waals surface area contributed by atoms with Crippen molar-refractivity contribution in [1.82, 2.24) is 10.3 Å². The van der Waals surface area contributed by atoms with Crippen LogP contribution in [0.3, 0.4) is 0 Å². The summed E-state index contributed by atoms with van der Waals surface area (Å²) in [5.74, 6) is 0.784. The molecular formula is C14H19N3O. The van der Waals surface area contributed by atoms with E-state index < -0.39 is 0 Å². The number of hydrogen-bond acceptors (Lipinski definition) is 3. The first-order valence-corrected chi connectivity index (χ1v) is 6.26. The Morgan fingerprint density at radius 1 is 1.44 bits per heavy atom. The Hall–Kier alpha value is -1.97. The molecular weight excluding hydrogens is 226 g/mol. The van der Waals surface area contributed by atoms with Gasteiger partial charge in [0.05, 0.1) is 29.7 Å². The summed E-state index contributed by atoms with van der Waals surface area (Å²) in [6.45, 7) is 3.19. The van der Waals surface area contributed by atoms with E-state index in [1.165, 1.54) is 12.8 Å². The molecule has 2 N–H and O–H groups in total. The number of ether oxygens (including phenoxy) is 1. The molecule has 0 amide bonds. The Morgan fingerprint density at radius 3 is 3.06 bits per heavy atom. The van der Waals surface area contributed by atoms with E-state index >= 15 is 0 Å². The van der Waals surface area contributed by atoms with Crippen LogP contribution in [0.4, 0.5) is 0 Å². The summed E-state index contributed by atoms with van der Waals surface area (Å²) in [6, 6.07) is 4.06. The molecule has 0 atom stereocenters. The van der Waals surface area contributed by atoms with Crippen molar-refractivity contribution in [2.45, 2.75) is 19.8 Å². The third kappa shape index (κ3) is 3.03. The van der Waals surface area contributed by atoms with Crippen molar-refractivity contribution in [1.29, 1.82) is 0 Å². The number of nitrogens with zero attached hydrogens (tertiary/aromatic N) is 1. The van der Waals surface area contributed by atoms with Gasteiger partial charge in [0.25, 0.3) is 0 Å². The van der Waals surface area contributed by atoms with E-state index in [2.05, 4.69) is 22.2 Å². The van der Waals surface area contributed by atoms with Gasteiger partial charge in [-0.05, 0) is 18.6 Å². The minimum Gasteiger partial charge on any atom is -0.495 e. The van der Waals surface area contributed by atoms with Crippen LogP contribution < -0.4 is 16.0 Å². The molecule has 0 radical (unpaired) electrons. The Labute approximate surface area is 107 Å². The van der Waals surface area contributed by atoms with Crippen LogP contribution in [-0.2, 0) is 4.74 Å². The van der Waals surface area contributed by atoms with Crippen molar-refractivity contribution in [3.05, 3.63) is 34.7 Å². The van der Waals surface area contributed by atoms with Crippen molar-refractivity contribution in [2.75, 3.05) is 13.7 Å². The van der Waals surface area contributed by atoms with Crippen molar-refractivity contribution < 1.29 is 4.74 Å². The molecule has 4 heteroatoms. The molecule has 1 aliphatic rings. The Morgan fingerprint density at radius 2 is 2.33 bits per heavy atom. The second-order valence-electron chi connectivity index (χ2n) is 4.17. The monoisotopic (exact) mass is 245 g/mol. The zero-order valence-electron chi connectivity index (χ0n) is 10.9. The van der Waals surface area contributed by atoms with Gasteiger partial charge >= 0.3 is 0 Å². The summed E-state index contributed by atoms with van der Waals surface area (Å²) in [4.78, 5) is 7.60. The summed E-state index contributed by atoms with van der Waals surface area (Å²) >= 11 is 0. The molecule has 2 heterocycles. The Bertz CT molecular complexity index is 566. The zero-order valence-corrected chi connectivity index (χ0v) is 10.9. The second kappa shape index (κ2) is 6.10. The highest BCUT2D eigenvalue weighted by Gasteiger charge is 2.04. The van der Waals surface area contributed by atoms with Gasteiger partial charge in [0, 0.05) is 18.8 Å². The molecule has 4 nitrogen and oxygen atoms in total. The normalized spacial score (nSPS) is 18.1. The Balaban J connectivity index is 2.14. The van der Waals surface area contributed by atoms with Crippen LogP contribution in [0, 0.1) is 0 Å². The molecule has 1 aromatic rings. The molecule has 0 spiro atoms. The maximum Gasteiger partial charge on any atom is 0.139 e. The first kappa shape index (κ1) is 12.5. The van der Waals surface area contributed by atoms with E-state index in [0.717, 1.165) is 28.7 Å². The highest BCUT2D eigenvalue weighted by atomic mass is 16.5. The molecule has 18 heavy (non-hydrogen) atoms. The van der Waals surface area contributed by atoms with E-state index in [1.807, 2.05) is 24.4 Å². The number of aliphatic imine (C=N–C) groups is 1. The molecule has 0 aromatic carbocycles. The highest BCUT2D eigenvalue weighted by molar-refractivity contribution is 5.89. The zero-order chi connectivity index (χ0) is 12.8. The summed E-state index contributed by atoms with van der Waals surface area (Å²) in [5, 5.41) is 5.34. The van der Waals surface area contributed by atoms with Gasteiger partial charge in [0.1, 0.15) is 5.76 Å². The van der Waals surface area contributed by atoms with Crippen LogP contribution in [0.15, 0.2) is 29.0 Å². The largest absolute Gasteiger partial charge is 0.495 e. The average molecular weight is 245 g/mol. The van der Waals surface area contributed by atoms with Gasteiger partial charge in [-0.25, -0.2) is 0 Å². The average Bonchev–Trinajstić information content (AvgIpc) is 3.03. The van der Waals surface area contributed by atoms with Crippen molar-refractivity contribution in [3.63, 3.8) is 0 Å². The molecule has 1 aliphatic heterocycles. The summed E-state index contributed by atoms with van der Waals surface area (Å²) < 4.78 is 5.12. The van der Waals surface area contributed by atoms with Gasteiger partial charge in [0.15, 0.2) is 0 Å². The molecule has 0 bridgehead atoms. The minimum atomic E-state index is 0.784. The van der Waals surface area contributed by atoms with Crippen LogP contribution >= 0.6 is 0 Å². The number of rotatable bonds is 5. The predicted molar refractivity (Wildman–Crippen MR) is 74.4 cm³/mol. The lowest BCUT2D eigenvalue weighted by atomic mass is 10.3. The molecule has 0 saturated carbocycles. The number of unbranched alkanes of at least 4 members (excludes halogenated alkanes) is 1. The van der Waals surface area contributed by atoms with Crippen LogP contribution in [0.25, 0.3) is 11.9 Å². The van der Waals surface area contributed by atoms with Crippen LogP contribution in [-0.4, -0.2) is 24.9 Å². The predicted octanol–water partition coefficient (Wildman–Crippen LogP) is 0.865. The van der Waals surface area contributed by atoms with Gasteiger partial charge in [0.2, 0.25) is 0 Å². The number of nitrogens with one attached hydrogen (secondary N) is 2. The molecule has 0 aliphatic carbocycles. The number of aromatic nitrogens is 1. The Kier molecular flexibility index (Phi) is 4.23. The van der Waals surface area contributed by atoms with E-state index in [4.69, 9.17) is 4.74 Å². The maximum atomic E-state index is 5.12. The van der Waals surface area contributed by atoms with Crippen molar-refractivity contribution >= 4 is 18.1 Å². The van der Waals surface area contributed by atoms with E-state index in [1.54, 1.807) is 13.3 Å². The topological polar surface area (TPSA) is 49.4 Å². The quantitative estimate of drug-likeness (QED) is 0.756. The first-order valence-electron chi connectivity index (χ1n) is 6.26. The number of methoxy groups -OCH3 is 1. The standard InChI is InChI=1S/C14H19N3O/c1-3-4-7-15-9-11-5-6-13(17-11)14-8-12(18-2)10-16-14/h5-6,8-10,15,17H,3-4,7H2,1-2H3. The van der Waals surface area contributed by atoms with Gasteiger partial charge in [-0.15, -0.1) is 0 Å². The van der Waals surface area contributed by atoms with Gasteiger partial charge in [-0.1, -0.05) is 13.3 Å². The van der Waals surface area contributed by atoms with Crippen LogP contribution in [0.2, 0.25) is 0 Å². The summed E-state index contributed by atoms with van der Waals surface area (Å²) in [6.07, 6.45) is 8.03.